The van der Waals surface area contributed by atoms with Crippen LogP contribution in [0.15, 0.2) is 18.2 Å². The predicted octanol–water partition coefficient (Wildman–Crippen LogP) is 3.43. The molecule has 0 saturated heterocycles. The minimum Gasteiger partial charge on any atom is -0.505 e. The Morgan fingerprint density at radius 1 is 1.07 bits per heavy atom. The first kappa shape index (κ1) is 18.8. The Hall–Kier alpha value is -2.96. The van der Waals surface area contributed by atoms with E-state index in [0.717, 1.165) is 5.56 Å². The summed E-state index contributed by atoms with van der Waals surface area (Å²) in [5.74, 6) is -1.19. The van der Waals surface area contributed by atoms with Crippen molar-refractivity contribution in [2.24, 2.45) is 0 Å². The summed E-state index contributed by atoms with van der Waals surface area (Å²) in [6, 6.07) is 4.29. The van der Waals surface area contributed by atoms with Gasteiger partial charge in [-0.25, -0.2) is 4.39 Å². The average Bonchev–Trinajstić information content (AvgIpc) is 2.83. The smallest absolute Gasteiger partial charge is 0.313 e. The van der Waals surface area contributed by atoms with Gasteiger partial charge in [0.25, 0.3) is 0 Å². The summed E-state index contributed by atoms with van der Waals surface area (Å²) in [7, 11) is 5.79. The molecule has 3 rings (SSSR count). The van der Waals surface area contributed by atoms with E-state index in [-0.39, 0.29) is 0 Å². The molecule has 1 aliphatic carbocycles. The summed E-state index contributed by atoms with van der Waals surface area (Å²) in [4.78, 5) is 12.3. The normalized spacial score (nSPS) is 15.2. The Labute approximate surface area is 156 Å². The number of halogens is 1. The van der Waals surface area contributed by atoms with Gasteiger partial charge in [-0.15, -0.1) is 0 Å². The lowest BCUT2D eigenvalue weighted by Crippen LogP contribution is -2.15. The fourth-order valence-corrected chi connectivity index (χ4v) is 3.62. The molecule has 1 unspecified atom stereocenters. The zero-order valence-corrected chi connectivity index (χ0v) is 15.6. The van der Waals surface area contributed by atoms with Gasteiger partial charge in [-0.1, -0.05) is 0 Å². The van der Waals surface area contributed by atoms with Crippen LogP contribution in [0.3, 0.4) is 0 Å². The van der Waals surface area contributed by atoms with Crippen LogP contribution in [0.1, 0.15) is 23.5 Å². The highest BCUT2D eigenvalue weighted by atomic mass is 19.1. The van der Waals surface area contributed by atoms with Gasteiger partial charge >= 0.3 is 5.97 Å². The highest BCUT2D eigenvalue weighted by Gasteiger charge is 2.33. The highest BCUT2D eigenvalue weighted by molar-refractivity contribution is 5.88. The fraction of sp³-hybridized carbons (Fsp3) is 0.350. The van der Waals surface area contributed by atoms with Crippen LogP contribution in [-0.2, 0) is 16.0 Å². The number of esters is 1. The van der Waals surface area contributed by atoms with Crippen molar-refractivity contribution in [2.75, 3.05) is 28.4 Å². The molecule has 2 aromatic carbocycles. The van der Waals surface area contributed by atoms with Crippen molar-refractivity contribution in [3.8, 4) is 34.1 Å². The molecule has 0 bridgehead atoms. The first-order chi connectivity index (χ1) is 13.0. The van der Waals surface area contributed by atoms with E-state index in [1.807, 2.05) is 0 Å². The molecule has 2 aromatic rings. The maximum absolute atomic E-state index is 14.1. The van der Waals surface area contributed by atoms with Crippen molar-refractivity contribution < 1.29 is 33.2 Å². The van der Waals surface area contributed by atoms with Crippen molar-refractivity contribution in [1.29, 1.82) is 0 Å². The molecule has 6 nitrogen and oxygen atoms in total. The number of carbonyl (C=O) groups is 1. The number of rotatable bonds is 4. The second-order valence-electron chi connectivity index (χ2n) is 6.18. The summed E-state index contributed by atoms with van der Waals surface area (Å²) < 4.78 is 35.5. The number of hydrogen-bond acceptors (Lipinski definition) is 6. The molecule has 7 heteroatoms. The molecular weight excluding hydrogens is 355 g/mol. The minimum absolute atomic E-state index is 0.380. The third kappa shape index (κ3) is 3.03. The number of benzene rings is 2. The van der Waals surface area contributed by atoms with Crippen LogP contribution in [0, 0.1) is 5.82 Å². The topological polar surface area (TPSA) is 74.2 Å². The molecule has 27 heavy (non-hydrogen) atoms. The second-order valence-corrected chi connectivity index (χ2v) is 6.18. The number of aryl methyl sites for hydroxylation is 1. The SMILES string of the molecule is COC(=O)C1CCc2cc(OC)c(OC)c(OC)c2-c2cc(O)c(F)cc21. The average molecular weight is 376 g/mol. The Morgan fingerprint density at radius 2 is 1.78 bits per heavy atom. The van der Waals surface area contributed by atoms with E-state index < -0.39 is 23.5 Å². The zero-order valence-electron chi connectivity index (χ0n) is 15.6. The van der Waals surface area contributed by atoms with Gasteiger partial charge in [0.2, 0.25) is 5.75 Å². The minimum atomic E-state index is -0.800. The quantitative estimate of drug-likeness (QED) is 0.824. The van der Waals surface area contributed by atoms with Crippen LogP contribution in [-0.4, -0.2) is 39.5 Å². The molecule has 0 aromatic heterocycles. The Kier molecular flexibility index (Phi) is 5.12. The molecule has 0 radical (unpaired) electrons. The molecule has 144 valence electrons. The lowest BCUT2D eigenvalue weighted by Gasteiger charge is -2.20. The van der Waals surface area contributed by atoms with Crippen molar-refractivity contribution >= 4 is 5.97 Å². The largest absolute Gasteiger partial charge is 0.505 e. The molecule has 0 heterocycles. The van der Waals surface area contributed by atoms with Gasteiger partial charge in [0.15, 0.2) is 23.1 Å². The number of phenols is 1. The van der Waals surface area contributed by atoms with Gasteiger partial charge in [0.1, 0.15) is 0 Å². The summed E-state index contributed by atoms with van der Waals surface area (Å²) >= 11 is 0. The Morgan fingerprint density at radius 3 is 2.37 bits per heavy atom. The van der Waals surface area contributed by atoms with Gasteiger partial charge in [0.05, 0.1) is 34.4 Å². The van der Waals surface area contributed by atoms with E-state index in [0.29, 0.717) is 46.8 Å². The lowest BCUT2D eigenvalue weighted by molar-refractivity contribution is -0.142. The van der Waals surface area contributed by atoms with E-state index in [1.165, 1.54) is 40.6 Å². The van der Waals surface area contributed by atoms with E-state index in [4.69, 9.17) is 18.9 Å². The van der Waals surface area contributed by atoms with Gasteiger partial charge in [-0.2, -0.15) is 0 Å². The number of carbonyl (C=O) groups excluding carboxylic acids is 1. The number of fused-ring (bicyclic) bond motifs is 3. The summed E-state index contributed by atoms with van der Waals surface area (Å²) in [6.45, 7) is 0. The second kappa shape index (κ2) is 7.34. The van der Waals surface area contributed by atoms with Crippen LogP contribution in [0.25, 0.3) is 11.1 Å². The van der Waals surface area contributed by atoms with E-state index in [2.05, 4.69) is 0 Å². The van der Waals surface area contributed by atoms with E-state index in [9.17, 15) is 14.3 Å². The molecule has 1 aliphatic rings. The molecular formula is C20H21FO6. The summed E-state index contributed by atoms with van der Waals surface area (Å²) in [6.07, 6.45) is 0.915. The fourth-order valence-electron chi connectivity index (χ4n) is 3.62. The molecule has 0 spiro atoms. The number of aromatic hydroxyl groups is 1. The number of ether oxygens (including phenoxy) is 4. The molecule has 1 atom stereocenters. The van der Waals surface area contributed by atoms with Crippen molar-refractivity contribution in [3.63, 3.8) is 0 Å². The van der Waals surface area contributed by atoms with Crippen molar-refractivity contribution in [3.05, 3.63) is 35.1 Å². The van der Waals surface area contributed by atoms with Gasteiger partial charge in [0, 0.05) is 5.56 Å². The van der Waals surface area contributed by atoms with Crippen LogP contribution < -0.4 is 14.2 Å². The summed E-state index contributed by atoms with van der Waals surface area (Å²) in [5.41, 5.74) is 2.39. The first-order valence-electron chi connectivity index (χ1n) is 8.39. The van der Waals surface area contributed by atoms with Crippen LogP contribution in [0.5, 0.6) is 23.0 Å². The maximum atomic E-state index is 14.1. The van der Waals surface area contributed by atoms with Crippen molar-refractivity contribution in [1.82, 2.24) is 0 Å². The summed E-state index contributed by atoms with van der Waals surface area (Å²) in [5, 5.41) is 9.98. The lowest BCUT2D eigenvalue weighted by atomic mass is 9.90. The van der Waals surface area contributed by atoms with Crippen LogP contribution in [0.4, 0.5) is 4.39 Å². The van der Waals surface area contributed by atoms with E-state index in [1.54, 1.807) is 6.07 Å². The Bertz CT molecular complexity index is 893. The highest BCUT2D eigenvalue weighted by Crippen LogP contribution is 2.51. The standard InChI is InChI=1S/C20H21FO6/c1-24-16-7-10-5-6-11(20(23)27-4)12-8-14(21)15(22)9-13(12)17(10)19(26-3)18(16)25-2/h7-9,11,22H,5-6H2,1-4H3. The molecule has 0 aliphatic heterocycles. The third-order valence-corrected chi connectivity index (χ3v) is 4.86. The number of phenolic OH excluding ortho intramolecular Hbond substituents is 1. The monoisotopic (exact) mass is 376 g/mol. The van der Waals surface area contributed by atoms with E-state index >= 15 is 0 Å². The predicted molar refractivity (Wildman–Crippen MR) is 96.2 cm³/mol. The molecule has 0 fully saturated rings. The van der Waals surface area contributed by atoms with Gasteiger partial charge < -0.3 is 24.1 Å². The van der Waals surface area contributed by atoms with Gasteiger partial charge in [-0.3, -0.25) is 4.79 Å². The van der Waals surface area contributed by atoms with Gasteiger partial charge in [-0.05, 0) is 47.7 Å². The zero-order chi connectivity index (χ0) is 19.7. The molecule has 0 amide bonds. The number of hydrogen-bond donors (Lipinski definition) is 1. The Balaban J connectivity index is 2.39. The van der Waals surface area contributed by atoms with Crippen LogP contribution in [0.2, 0.25) is 0 Å². The first-order valence-corrected chi connectivity index (χ1v) is 8.39. The van der Waals surface area contributed by atoms with Crippen molar-refractivity contribution in [2.45, 2.75) is 18.8 Å². The maximum Gasteiger partial charge on any atom is 0.313 e. The van der Waals surface area contributed by atoms with Crippen LogP contribution >= 0.6 is 0 Å². The number of methoxy groups -OCH3 is 4. The third-order valence-electron chi connectivity index (χ3n) is 4.86. The molecule has 1 N–H and O–H groups in total. The molecule has 0 saturated carbocycles.